The number of benzene rings is 1. The van der Waals surface area contributed by atoms with E-state index in [-0.39, 0.29) is 5.75 Å². The second-order valence-corrected chi connectivity index (χ2v) is 3.80. The SMILES string of the molecule is COc1cc2c(c(C=O)c1O)CCCC2. The predicted molar refractivity (Wildman–Crippen MR) is 56.7 cm³/mol. The second kappa shape index (κ2) is 3.93. The van der Waals surface area contributed by atoms with E-state index in [9.17, 15) is 9.90 Å². The number of aromatic hydroxyl groups is 1. The fraction of sp³-hybridized carbons (Fsp3) is 0.417. The zero-order valence-electron chi connectivity index (χ0n) is 8.75. The lowest BCUT2D eigenvalue weighted by Gasteiger charge is -2.19. The first kappa shape index (κ1) is 10.0. The standard InChI is InChI=1S/C12H14O3/c1-15-11-6-8-4-2-3-5-9(8)10(7-13)12(11)14/h6-7,14H,2-5H2,1H3. The maximum atomic E-state index is 11.0. The summed E-state index contributed by atoms with van der Waals surface area (Å²) in [6.45, 7) is 0. The highest BCUT2D eigenvalue weighted by Crippen LogP contribution is 2.37. The third kappa shape index (κ3) is 1.58. The van der Waals surface area contributed by atoms with Crippen LogP contribution in [0.25, 0.3) is 0 Å². The van der Waals surface area contributed by atoms with Crippen LogP contribution in [0.2, 0.25) is 0 Å². The number of hydrogen-bond donors (Lipinski definition) is 1. The summed E-state index contributed by atoms with van der Waals surface area (Å²) in [5.74, 6) is 0.380. The third-order valence-electron chi connectivity index (χ3n) is 2.97. The van der Waals surface area contributed by atoms with Crippen LogP contribution in [0.15, 0.2) is 6.07 Å². The highest BCUT2D eigenvalue weighted by molar-refractivity contribution is 5.84. The summed E-state index contributed by atoms with van der Waals surface area (Å²) >= 11 is 0. The maximum absolute atomic E-state index is 11.0. The van der Waals surface area contributed by atoms with Crippen LogP contribution in [-0.2, 0) is 12.8 Å². The monoisotopic (exact) mass is 206 g/mol. The van der Waals surface area contributed by atoms with E-state index in [2.05, 4.69) is 0 Å². The fourth-order valence-electron chi connectivity index (χ4n) is 2.18. The summed E-state index contributed by atoms with van der Waals surface area (Å²) in [5, 5.41) is 9.79. The van der Waals surface area contributed by atoms with Crippen molar-refractivity contribution in [2.45, 2.75) is 25.7 Å². The minimum atomic E-state index is -0.0202. The van der Waals surface area contributed by atoms with Crippen molar-refractivity contribution >= 4 is 6.29 Å². The molecular weight excluding hydrogens is 192 g/mol. The molecule has 0 aliphatic heterocycles. The second-order valence-electron chi connectivity index (χ2n) is 3.80. The van der Waals surface area contributed by atoms with Gasteiger partial charge in [-0.25, -0.2) is 0 Å². The first-order chi connectivity index (χ1) is 7.27. The van der Waals surface area contributed by atoms with Crippen LogP contribution in [0.4, 0.5) is 0 Å². The lowest BCUT2D eigenvalue weighted by Crippen LogP contribution is -2.07. The largest absolute Gasteiger partial charge is 0.504 e. The molecule has 0 unspecified atom stereocenters. The highest BCUT2D eigenvalue weighted by atomic mass is 16.5. The first-order valence-electron chi connectivity index (χ1n) is 5.14. The number of hydrogen-bond acceptors (Lipinski definition) is 3. The Balaban J connectivity index is 2.63. The third-order valence-corrected chi connectivity index (χ3v) is 2.97. The lowest BCUT2D eigenvalue weighted by atomic mass is 9.88. The van der Waals surface area contributed by atoms with E-state index < -0.39 is 0 Å². The van der Waals surface area contributed by atoms with Crippen LogP contribution in [0.3, 0.4) is 0 Å². The van der Waals surface area contributed by atoms with Gasteiger partial charge in [0, 0.05) is 0 Å². The van der Waals surface area contributed by atoms with Gasteiger partial charge in [0.05, 0.1) is 12.7 Å². The van der Waals surface area contributed by atoms with E-state index in [1.54, 1.807) is 0 Å². The van der Waals surface area contributed by atoms with Crippen LogP contribution >= 0.6 is 0 Å². The molecule has 0 heterocycles. The highest BCUT2D eigenvalue weighted by Gasteiger charge is 2.19. The summed E-state index contributed by atoms with van der Waals surface area (Å²) in [5.41, 5.74) is 2.54. The van der Waals surface area contributed by atoms with Gasteiger partial charge in [-0.1, -0.05) is 0 Å². The van der Waals surface area contributed by atoms with Gasteiger partial charge in [-0.3, -0.25) is 4.79 Å². The number of aryl methyl sites for hydroxylation is 1. The first-order valence-corrected chi connectivity index (χ1v) is 5.14. The van der Waals surface area contributed by atoms with Crippen LogP contribution in [0.5, 0.6) is 11.5 Å². The van der Waals surface area contributed by atoms with Crippen molar-refractivity contribution in [1.29, 1.82) is 0 Å². The molecule has 0 aromatic heterocycles. The van der Waals surface area contributed by atoms with E-state index in [1.807, 2.05) is 6.07 Å². The minimum absolute atomic E-state index is 0.0202. The molecule has 2 rings (SSSR count). The Morgan fingerprint density at radius 3 is 2.80 bits per heavy atom. The molecule has 1 aliphatic rings. The average Bonchev–Trinajstić information content (AvgIpc) is 2.28. The van der Waals surface area contributed by atoms with Crippen LogP contribution in [0.1, 0.15) is 34.3 Å². The number of phenolic OH excluding ortho intramolecular Hbond substituents is 1. The number of methoxy groups -OCH3 is 1. The smallest absolute Gasteiger partial charge is 0.168 e. The summed E-state index contributed by atoms with van der Waals surface area (Å²) in [7, 11) is 1.50. The molecule has 3 heteroatoms. The Kier molecular flexibility index (Phi) is 2.62. The van der Waals surface area contributed by atoms with E-state index >= 15 is 0 Å². The van der Waals surface area contributed by atoms with Gasteiger partial charge in [-0.15, -0.1) is 0 Å². The number of aldehydes is 1. The molecule has 1 aromatic rings. The molecule has 0 bridgehead atoms. The summed E-state index contributed by atoms with van der Waals surface area (Å²) in [6.07, 6.45) is 4.79. The Hall–Kier alpha value is -1.51. The maximum Gasteiger partial charge on any atom is 0.168 e. The zero-order valence-corrected chi connectivity index (χ0v) is 8.75. The van der Waals surface area contributed by atoms with Gasteiger partial charge in [-0.05, 0) is 42.9 Å². The van der Waals surface area contributed by atoms with E-state index in [0.717, 1.165) is 43.1 Å². The number of carbonyl (C=O) groups excluding carboxylic acids is 1. The summed E-state index contributed by atoms with van der Waals surface area (Å²) in [4.78, 5) is 11.0. The molecule has 0 amide bonds. The topological polar surface area (TPSA) is 46.5 Å². The van der Waals surface area contributed by atoms with Crippen LogP contribution in [0, 0.1) is 0 Å². The van der Waals surface area contributed by atoms with E-state index in [0.29, 0.717) is 11.3 Å². The van der Waals surface area contributed by atoms with Gasteiger partial charge in [0.1, 0.15) is 0 Å². The fourth-order valence-corrected chi connectivity index (χ4v) is 2.18. The Bertz CT molecular complexity index is 396. The van der Waals surface area contributed by atoms with Gasteiger partial charge in [0.25, 0.3) is 0 Å². The summed E-state index contributed by atoms with van der Waals surface area (Å²) < 4.78 is 5.04. The molecule has 1 aromatic carbocycles. The van der Waals surface area contributed by atoms with Crippen LogP contribution < -0.4 is 4.74 Å². The van der Waals surface area contributed by atoms with Crippen molar-refractivity contribution in [2.24, 2.45) is 0 Å². The van der Waals surface area contributed by atoms with Crippen molar-refractivity contribution in [3.8, 4) is 11.5 Å². The Morgan fingerprint density at radius 2 is 2.13 bits per heavy atom. The number of rotatable bonds is 2. The molecule has 0 saturated heterocycles. The van der Waals surface area contributed by atoms with Gasteiger partial charge in [-0.2, -0.15) is 0 Å². The average molecular weight is 206 g/mol. The molecule has 1 aliphatic carbocycles. The molecule has 15 heavy (non-hydrogen) atoms. The van der Waals surface area contributed by atoms with E-state index in [1.165, 1.54) is 7.11 Å². The molecule has 0 atom stereocenters. The molecule has 0 saturated carbocycles. The van der Waals surface area contributed by atoms with Gasteiger partial charge >= 0.3 is 0 Å². The molecule has 80 valence electrons. The molecule has 0 spiro atoms. The number of phenols is 1. The van der Waals surface area contributed by atoms with Crippen molar-refractivity contribution < 1.29 is 14.6 Å². The molecule has 1 N–H and O–H groups in total. The molecular formula is C12H14O3. The Labute approximate surface area is 88.7 Å². The predicted octanol–water partition coefficient (Wildman–Crippen LogP) is 2.09. The lowest BCUT2D eigenvalue weighted by molar-refractivity contribution is 0.111. The normalized spacial score (nSPS) is 14.5. The van der Waals surface area contributed by atoms with Gasteiger partial charge in [0.15, 0.2) is 17.8 Å². The van der Waals surface area contributed by atoms with Crippen molar-refractivity contribution in [3.05, 3.63) is 22.8 Å². The minimum Gasteiger partial charge on any atom is -0.504 e. The number of carbonyl (C=O) groups is 1. The van der Waals surface area contributed by atoms with Crippen molar-refractivity contribution in [2.75, 3.05) is 7.11 Å². The number of ether oxygens (including phenoxy) is 1. The van der Waals surface area contributed by atoms with Crippen LogP contribution in [-0.4, -0.2) is 18.5 Å². The van der Waals surface area contributed by atoms with Gasteiger partial charge < -0.3 is 9.84 Å². The quantitative estimate of drug-likeness (QED) is 0.754. The number of fused-ring (bicyclic) bond motifs is 1. The van der Waals surface area contributed by atoms with Gasteiger partial charge in [0.2, 0.25) is 0 Å². The summed E-state index contributed by atoms with van der Waals surface area (Å²) in [6, 6.07) is 1.84. The molecule has 3 nitrogen and oxygen atoms in total. The molecule has 0 fully saturated rings. The van der Waals surface area contributed by atoms with Crippen molar-refractivity contribution in [3.63, 3.8) is 0 Å². The van der Waals surface area contributed by atoms with Crippen molar-refractivity contribution in [1.82, 2.24) is 0 Å². The Morgan fingerprint density at radius 1 is 1.40 bits per heavy atom. The zero-order chi connectivity index (χ0) is 10.8. The molecule has 0 radical (unpaired) electrons. The van der Waals surface area contributed by atoms with E-state index in [4.69, 9.17) is 4.74 Å².